The Kier molecular flexibility index (Phi) is 3.96. The predicted octanol–water partition coefficient (Wildman–Crippen LogP) is 2.81. The standard InChI is InChI=1S/C11H16FNS/c1-11(12,8-13-2)9-5-4-6-10(7-9)14-3/h4-7,13H,8H2,1-3H3. The number of nitrogens with one attached hydrogen (secondary N) is 1. The Balaban J connectivity index is 2.93. The fraction of sp³-hybridized carbons (Fsp3) is 0.455. The summed E-state index contributed by atoms with van der Waals surface area (Å²) in [5, 5.41) is 2.86. The molecule has 0 saturated carbocycles. The van der Waals surface area contributed by atoms with Gasteiger partial charge in [-0.1, -0.05) is 12.1 Å². The van der Waals surface area contributed by atoms with Gasteiger partial charge in [0.25, 0.3) is 0 Å². The lowest BCUT2D eigenvalue weighted by molar-refractivity contribution is 0.190. The molecular formula is C11H16FNS. The first-order valence-corrected chi connectivity index (χ1v) is 5.80. The Morgan fingerprint density at radius 2 is 2.21 bits per heavy atom. The van der Waals surface area contributed by atoms with Crippen molar-refractivity contribution in [3.05, 3.63) is 29.8 Å². The molecule has 0 heterocycles. The van der Waals surface area contributed by atoms with Crippen molar-refractivity contribution in [2.45, 2.75) is 17.5 Å². The molecule has 1 nitrogen and oxygen atoms in total. The second kappa shape index (κ2) is 4.80. The largest absolute Gasteiger partial charge is 0.316 e. The van der Waals surface area contributed by atoms with Crippen LogP contribution in [0.3, 0.4) is 0 Å². The molecule has 0 saturated heterocycles. The molecule has 1 aromatic rings. The molecule has 78 valence electrons. The number of likely N-dealkylation sites (N-methyl/N-ethyl adjacent to an activating group) is 1. The average molecular weight is 213 g/mol. The van der Waals surface area contributed by atoms with E-state index in [1.807, 2.05) is 30.5 Å². The first-order chi connectivity index (χ1) is 6.60. The summed E-state index contributed by atoms with van der Waals surface area (Å²) < 4.78 is 14.1. The van der Waals surface area contributed by atoms with Crippen LogP contribution in [0.2, 0.25) is 0 Å². The number of benzene rings is 1. The molecule has 3 heteroatoms. The van der Waals surface area contributed by atoms with Gasteiger partial charge in [-0.15, -0.1) is 11.8 Å². The minimum atomic E-state index is -1.29. The maximum atomic E-state index is 14.1. The number of thioether (sulfide) groups is 1. The molecule has 1 atom stereocenters. The van der Waals surface area contributed by atoms with E-state index in [-0.39, 0.29) is 0 Å². The Morgan fingerprint density at radius 3 is 2.79 bits per heavy atom. The van der Waals surface area contributed by atoms with Crippen LogP contribution in [-0.2, 0) is 5.67 Å². The second-order valence-corrected chi connectivity index (χ2v) is 4.34. The van der Waals surface area contributed by atoms with Gasteiger partial charge in [-0.25, -0.2) is 4.39 Å². The van der Waals surface area contributed by atoms with Crippen LogP contribution in [0, 0.1) is 0 Å². The highest BCUT2D eigenvalue weighted by atomic mass is 32.2. The van der Waals surface area contributed by atoms with Crippen molar-refractivity contribution in [1.29, 1.82) is 0 Å². The Bertz CT molecular complexity index is 299. The molecular weight excluding hydrogens is 197 g/mol. The summed E-state index contributed by atoms with van der Waals surface area (Å²) in [5.41, 5.74) is -0.556. The SMILES string of the molecule is CNCC(C)(F)c1cccc(SC)c1. The van der Waals surface area contributed by atoms with Crippen molar-refractivity contribution in [2.75, 3.05) is 19.8 Å². The molecule has 0 aliphatic rings. The number of hydrogen-bond donors (Lipinski definition) is 1. The van der Waals surface area contributed by atoms with E-state index in [1.54, 1.807) is 25.7 Å². The van der Waals surface area contributed by atoms with Gasteiger partial charge in [-0.2, -0.15) is 0 Å². The van der Waals surface area contributed by atoms with Gasteiger partial charge in [0.15, 0.2) is 0 Å². The van der Waals surface area contributed by atoms with Crippen LogP contribution >= 0.6 is 11.8 Å². The number of hydrogen-bond acceptors (Lipinski definition) is 2. The molecule has 0 spiro atoms. The number of alkyl halides is 1. The van der Waals surface area contributed by atoms with Gasteiger partial charge in [0.1, 0.15) is 5.67 Å². The molecule has 1 unspecified atom stereocenters. The van der Waals surface area contributed by atoms with Gasteiger partial charge in [0, 0.05) is 11.4 Å². The summed E-state index contributed by atoms with van der Waals surface area (Å²) in [6, 6.07) is 7.62. The lowest BCUT2D eigenvalue weighted by atomic mass is 9.98. The van der Waals surface area contributed by atoms with Crippen LogP contribution in [0.4, 0.5) is 4.39 Å². The van der Waals surface area contributed by atoms with Crippen molar-refractivity contribution in [2.24, 2.45) is 0 Å². The first-order valence-electron chi connectivity index (χ1n) is 4.58. The maximum Gasteiger partial charge on any atom is 0.145 e. The molecule has 0 amide bonds. The Morgan fingerprint density at radius 1 is 1.50 bits per heavy atom. The molecule has 1 aromatic carbocycles. The quantitative estimate of drug-likeness (QED) is 0.772. The molecule has 1 N–H and O–H groups in total. The topological polar surface area (TPSA) is 12.0 Å². The number of halogens is 1. The molecule has 0 bridgehead atoms. The smallest absolute Gasteiger partial charge is 0.145 e. The molecule has 0 aromatic heterocycles. The maximum absolute atomic E-state index is 14.1. The van der Waals surface area contributed by atoms with E-state index < -0.39 is 5.67 Å². The first kappa shape index (κ1) is 11.5. The van der Waals surface area contributed by atoms with E-state index in [2.05, 4.69) is 5.32 Å². The highest BCUT2D eigenvalue weighted by Crippen LogP contribution is 2.27. The van der Waals surface area contributed by atoms with E-state index in [4.69, 9.17) is 0 Å². The third-order valence-electron chi connectivity index (χ3n) is 2.18. The van der Waals surface area contributed by atoms with Crippen LogP contribution in [0.5, 0.6) is 0 Å². The van der Waals surface area contributed by atoms with Gasteiger partial charge in [0.05, 0.1) is 0 Å². The molecule has 0 radical (unpaired) electrons. The second-order valence-electron chi connectivity index (χ2n) is 3.46. The summed E-state index contributed by atoms with van der Waals surface area (Å²) in [6.07, 6.45) is 1.99. The lowest BCUT2D eigenvalue weighted by Gasteiger charge is -2.20. The van der Waals surface area contributed by atoms with E-state index in [9.17, 15) is 4.39 Å². The summed E-state index contributed by atoms with van der Waals surface area (Å²) in [4.78, 5) is 1.10. The zero-order chi connectivity index (χ0) is 10.6. The van der Waals surface area contributed by atoms with Crippen molar-refractivity contribution in [1.82, 2.24) is 5.32 Å². The van der Waals surface area contributed by atoms with Crippen molar-refractivity contribution >= 4 is 11.8 Å². The Hall–Kier alpha value is -0.540. The van der Waals surface area contributed by atoms with E-state index in [1.165, 1.54) is 0 Å². The predicted molar refractivity (Wildman–Crippen MR) is 60.6 cm³/mol. The molecule has 0 aliphatic carbocycles. The number of rotatable bonds is 4. The molecule has 1 rings (SSSR count). The summed E-state index contributed by atoms with van der Waals surface area (Å²) in [7, 11) is 1.76. The van der Waals surface area contributed by atoms with E-state index >= 15 is 0 Å². The van der Waals surface area contributed by atoms with Crippen molar-refractivity contribution in [3.8, 4) is 0 Å². The normalized spacial score (nSPS) is 15.1. The lowest BCUT2D eigenvalue weighted by Crippen LogP contribution is -2.29. The zero-order valence-corrected chi connectivity index (χ0v) is 9.62. The van der Waals surface area contributed by atoms with E-state index in [0.717, 1.165) is 10.5 Å². The van der Waals surface area contributed by atoms with Gasteiger partial charge < -0.3 is 5.32 Å². The third kappa shape index (κ3) is 2.72. The molecule has 0 fully saturated rings. The average Bonchev–Trinajstić information content (AvgIpc) is 2.18. The Labute approximate surface area is 89.1 Å². The molecule has 14 heavy (non-hydrogen) atoms. The molecule has 0 aliphatic heterocycles. The minimum absolute atomic E-state index is 0.338. The highest BCUT2D eigenvalue weighted by molar-refractivity contribution is 7.98. The van der Waals surface area contributed by atoms with Gasteiger partial charge >= 0.3 is 0 Å². The van der Waals surface area contributed by atoms with Gasteiger partial charge in [-0.05, 0) is 37.9 Å². The zero-order valence-electron chi connectivity index (χ0n) is 8.80. The summed E-state index contributed by atoms with van der Waals surface area (Å²) in [5.74, 6) is 0. The fourth-order valence-electron chi connectivity index (χ4n) is 1.38. The van der Waals surface area contributed by atoms with Crippen LogP contribution in [0.25, 0.3) is 0 Å². The van der Waals surface area contributed by atoms with Gasteiger partial charge in [-0.3, -0.25) is 0 Å². The summed E-state index contributed by atoms with van der Waals surface area (Å²) >= 11 is 1.63. The van der Waals surface area contributed by atoms with E-state index in [0.29, 0.717) is 6.54 Å². The van der Waals surface area contributed by atoms with Crippen LogP contribution in [0.1, 0.15) is 12.5 Å². The monoisotopic (exact) mass is 213 g/mol. The third-order valence-corrected chi connectivity index (χ3v) is 2.91. The minimum Gasteiger partial charge on any atom is -0.316 e. The van der Waals surface area contributed by atoms with Crippen LogP contribution < -0.4 is 5.32 Å². The van der Waals surface area contributed by atoms with Crippen LogP contribution in [0.15, 0.2) is 29.2 Å². The fourth-order valence-corrected chi connectivity index (χ4v) is 1.84. The highest BCUT2D eigenvalue weighted by Gasteiger charge is 2.24. The van der Waals surface area contributed by atoms with Crippen LogP contribution in [-0.4, -0.2) is 19.8 Å². The van der Waals surface area contributed by atoms with Gasteiger partial charge in [0.2, 0.25) is 0 Å². The summed E-state index contributed by atoms with van der Waals surface area (Å²) in [6.45, 7) is 1.94. The van der Waals surface area contributed by atoms with Crippen molar-refractivity contribution in [3.63, 3.8) is 0 Å². The van der Waals surface area contributed by atoms with Crippen molar-refractivity contribution < 1.29 is 4.39 Å².